The Labute approximate surface area is 206 Å². The molecule has 186 valence electrons. The second-order valence-electron chi connectivity index (χ2n) is 9.04. The molecule has 0 aromatic heterocycles. The molecule has 0 spiro atoms. The number of allylic oxidation sites excluding steroid dienone is 2. The van der Waals surface area contributed by atoms with Crippen LogP contribution in [0.1, 0.15) is 43.9 Å². The van der Waals surface area contributed by atoms with Crippen LogP contribution >= 0.6 is 0 Å². The molecule has 0 saturated heterocycles. The molecular weight excluding hydrogens is 444 g/mol. The Kier molecular flexibility index (Phi) is 9.61. The molecule has 0 bridgehead atoms. The minimum absolute atomic E-state index is 0.186. The summed E-state index contributed by atoms with van der Waals surface area (Å²) in [6.07, 6.45) is 3.94. The Morgan fingerprint density at radius 3 is 2.31 bits per heavy atom. The lowest BCUT2D eigenvalue weighted by atomic mass is 9.97. The first kappa shape index (κ1) is 26.2. The molecule has 1 aliphatic heterocycles. The van der Waals surface area contributed by atoms with Gasteiger partial charge in [-0.2, -0.15) is 0 Å². The summed E-state index contributed by atoms with van der Waals surface area (Å²) in [4.78, 5) is 39.0. The zero-order chi connectivity index (χ0) is 25.2. The number of amides is 2. The number of aliphatic hydroxyl groups excluding tert-OH is 1. The van der Waals surface area contributed by atoms with Crippen LogP contribution < -0.4 is 10.6 Å². The SMILES string of the molecule is CC1CC=CCC(C(=O)N[C@@H](CO)Cc2ccccc2)C(=O)N[C@@H](C)C(c2ccccc2)OC1=O. The minimum atomic E-state index is -0.986. The van der Waals surface area contributed by atoms with E-state index in [-0.39, 0.29) is 24.9 Å². The summed E-state index contributed by atoms with van der Waals surface area (Å²) in [7, 11) is 0. The van der Waals surface area contributed by atoms with Crippen molar-refractivity contribution in [2.24, 2.45) is 11.8 Å². The van der Waals surface area contributed by atoms with E-state index in [1.807, 2.05) is 60.7 Å². The number of hydrogen-bond donors (Lipinski definition) is 3. The third-order valence-corrected chi connectivity index (χ3v) is 6.15. The zero-order valence-electron chi connectivity index (χ0n) is 20.2. The van der Waals surface area contributed by atoms with E-state index >= 15 is 0 Å². The summed E-state index contributed by atoms with van der Waals surface area (Å²) in [6.45, 7) is 3.31. The molecule has 2 aromatic rings. The Balaban J connectivity index is 1.79. The minimum Gasteiger partial charge on any atom is -0.455 e. The van der Waals surface area contributed by atoms with Gasteiger partial charge < -0.3 is 20.5 Å². The highest BCUT2D eigenvalue weighted by Crippen LogP contribution is 2.25. The predicted molar refractivity (Wildman–Crippen MR) is 133 cm³/mol. The average Bonchev–Trinajstić information content (AvgIpc) is 2.86. The molecule has 3 N–H and O–H groups in total. The number of carbonyl (C=O) groups is 3. The van der Waals surface area contributed by atoms with Gasteiger partial charge in [-0.1, -0.05) is 79.7 Å². The first-order chi connectivity index (χ1) is 16.9. The standard InChI is InChI=1S/C28H34N2O5/c1-19-11-9-10-16-24(27(33)30-23(18-31)17-21-12-5-3-6-13-21)26(32)29-20(2)25(35-28(19)34)22-14-7-4-8-15-22/h3-10,12-15,19-20,23-25,31H,11,16-18H2,1-2H3,(H,29,32)(H,30,33)/t19?,20-,23+,24?,25?/m0/s1. The fourth-order valence-corrected chi connectivity index (χ4v) is 4.07. The summed E-state index contributed by atoms with van der Waals surface area (Å²) in [5.74, 6) is -2.60. The van der Waals surface area contributed by atoms with Crippen LogP contribution in [-0.2, 0) is 25.5 Å². The Hall–Kier alpha value is -3.45. The van der Waals surface area contributed by atoms with Gasteiger partial charge in [0, 0.05) is 0 Å². The van der Waals surface area contributed by atoms with Crippen LogP contribution in [0.2, 0.25) is 0 Å². The Morgan fingerprint density at radius 2 is 1.66 bits per heavy atom. The molecule has 0 saturated carbocycles. The maximum Gasteiger partial charge on any atom is 0.309 e. The van der Waals surface area contributed by atoms with Crippen LogP contribution in [0.15, 0.2) is 72.8 Å². The van der Waals surface area contributed by atoms with Gasteiger partial charge in [0.15, 0.2) is 0 Å². The molecule has 0 aliphatic carbocycles. The quantitative estimate of drug-likeness (QED) is 0.336. The molecule has 5 atom stereocenters. The summed E-state index contributed by atoms with van der Waals surface area (Å²) in [6, 6.07) is 17.7. The molecule has 0 fully saturated rings. The van der Waals surface area contributed by atoms with Crippen molar-refractivity contribution in [3.8, 4) is 0 Å². The first-order valence-electron chi connectivity index (χ1n) is 12.0. The molecule has 7 heteroatoms. The van der Waals surface area contributed by atoms with E-state index in [1.165, 1.54) is 0 Å². The number of rotatable bonds is 6. The summed E-state index contributed by atoms with van der Waals surface area (Å²) in [5.41, 5.74) is 1.74. The lowest BCUT2D eigenvalue weighted by Crippen LogP contribution is -2.49. The van der Waals surface area contributed by atoms with E-state index in [4.69, 9.17) is 4.74 Å². The fourth-order valence-electron chi connectivity index (χ4n) is 4.07. The lowest BCUT2D eigenvalue weighted by molar-refractivity contribution is -0.156. The van der Waals surface area contributed by atoms with Gasteiger partial charge in [-0.3, -0.25) is 14.4 Å². The highest BCUT2D eigenvalue weighted by molar-refractivity contribution is 6.00. The van der Waals surface area contributed by atoms with Crippen LogP contribution in [0.5, 0.6) is 0 Å². The van der Waals surface area contributed by atoms with Crippen molar-refractivity contribution in [2.75, 3.05) is 6.61 Å². The lowest BCUT2D eigenvalue weighted by Gasteiger charge is -2.28. The highest BCUT2D eigenvalue weighted by atomic mass is 16.5. The zero-order valence-corrected chi connectivity index (χ0v) is 20.2. The summed E-state index contributed by atoms with van der Waals surface area (Å²) in [5, 5.41) is 15.5. The van der Waals surface area contributed by atoms with Gasteiger partial charge >= 0.3 is 5.97 Å². The number of esters is 1. The topological polar surface area (TPSA) is 105 Å². The summed E-state index contributed by atoms with van der Waals surface area (Å²) < 4.78 is 5.81. The van der Waals surface area contributed by atoms with E-state index in [0.29, 0.717) is 12.8 Å². The summed E-state index contributed by atoms with van der Waals surface area (Å²) >= 11 is 0. The molecule has 3 unspecified atom stereocenters. The normalized spacial score (nSPS) is 24.3. The van der Waals surface area contributed by atoms with Crippen LogP contribution in [0.25, 0.3) is 0 Å². The van der Waals surface area contributed by atoms with Crippen molar-refractivity contribution in [2.45, 2.75) is 51.3 Å². The number of nitrogens with one attached hydrogen (secondary N) is 2. The van der Waals surface area contributed by atoms with E-state index < -0.39 is 35.9 Å². The largest absolute Gasteiger partial charge is 0.455 e. The van der Waals surface area contributed by atoms with Crippen LogP contribution in [0.4, 0.5) is 0 Å². The molecule has 3 rings (SSSR count). The monoisotopic (exact) mass is 478 g/mol. The number of benzene rings is 2. The molecule has 2 amide bonds. The van der Waals surface area contributed by atoms with Gasteiger partial charge in [0.1, 0.15) is 12.0 Å². The van der Waals surface area contributed by atoms with Gasteiger partial charge in [-0.25, -0.2) is 0 Å². The third-order valence-electron chi connectivity index (χ3n) is 6.15. The maximum absolute atomic E-state index is 13.2. The van der Waals surface area contributed by atoms with Crippen molar-refractivity contribution in [1.29, 1.82) is 0 Å². The molecule has 35 heavy (non-hydrogen) atoms. The van der Waals surface area contributed by atoms with Crippen molar-refractivity contribution >= 4 is 17.8 Å². The molecule has 1 aliphatic rings. The second-order valence-corrected chi connectivity index (χ2v) is 9.04. The fraction of sp³-hybridized carbons (Fsp3) is 0.393. The van der Waals surface area contributed by atoms with Crippen molar-refractivity contribution in [3.63, 3.8) is 0 Å². The van der Waals surface area contributed by atoms with Crippen LogP contribution in [-0.4, -0.2) is 41.6 Å². The van der Waals surface area contributed by atoms with Gasteiger partial charge in [0.05, 0.1) is 24.6 Å². The van der Waals surface area contributed by atoms with Gasteiger partial charge in [-0.15, -0.1) is 0 Å². The smallest absolute Gasteiger partial charge is 0.309 e. The average molecular weight is 479 g/mol. The molecule has 1 heterocycles. The van der Waals surface area contributed by atoms with Gasteiger partial charge in [-0.05, 0) is 37.3 Å². The third kappa shape index (κ3) is 7.52. The molecule has 0 radical (unpaired) electrons. The first-order valence-corrected chi connectivity index (χ1v) is 12.0. The number of ether oxygens (including phenoxy) is 1. The van der Waals surface area contributed by atoms with E-state index in [2.05, 4.69) is 10.6 Å². The van der Waals surface area contributed by atoms with E-state index in [9.17, 15) is 19.5 Å². The Morgan fingerprint density at radius 1 is 1.03 bits per heavy atom. The number of aliphatic hydroxyl groups is 1. The van der Waals surface area contributed by atoms with Crippen LogP contribution in [0.3, 0.4) is 0 Å². The van der Waals surface area contributed by atoms with Gasteiger partial charge in [0.25, 0.3) is 0 Å². The van der Waals surface area contributed by atoms with Crippen molar-refractivity contribution in [1.82, 2.24) is 10.6 Å². The highest BCUT2D eigenvalue weighted by Gasteiger charge is 2.32. The molecular formula is C28H34N2O5. The maximum atomic E-state index is 13.2. The number of cyclic esters (lactones) is 1. The van der Waals surface area contributed by atoms with Crippen LogP contribution in [0, 0.1) is 11.8 Å². The molecule has 7 nitrogen and oxygen atoms in total. The van der Waals surface area contributed by atoms with E-state index in [1.54, 1.807) is 26.0 Å². The van der Waals surface area contributed by atoms with Crippen molar-refractivity contribution in [3.05, 3.63) is 83.9 Å². The predicted octanol–water partition coefficient (Wildman–Crippen LogP) is 3.10. The van der Waals surface area contributed by atoms with Gasteiger partial charge in [0.2, 0.25) is 11.8 Å². The molecule has 2 aromatic carbocycles. The van der Waals surface area contributed by atoms with Crippen molar-refractivity contribution < 1.29 is 24.2 Å². The second kappa shape index (κ2) is 12.9. The number of hydrogen-bond acceptors (Lipinski definition) is 5. The Bertz CT molecular complexity index is 1010. The number of carbonyl (C=O) groups excluding carboxylic acids is 3. The van der Waals surface area contributed by atoms with E-state index in [0.717, 1.165) is 11.1 Å².